The summed E-state index contributed by atoms with van der Waals surface area (Å²) in [6.07, 6.45) is 3.24. The maximum Gasteiger partial charge on any atom is 0.248 e. The van der Waals surface area contributed by atoms with E-state index in [-0.39, 0.29) is 12.7 Å². The smallest absolute Gasteiger partial charge is 0.248 e. The van der Waals surface area contributed by atoms with Crippen molar-refractivity contribution in [2.24, 2.45) is 0 Å². The largest absolute Gasteiger partial charge is 0.454 e. The highest BCUT2D eigenvalue weighted by Crippen LogP contribution is 2.32. The molecule has 1 amide bonds. The fourth-order valence-corrected chi connectivity index (χ4v) is 2.61. The van der Waals surface area contributed by atoms with E-state index in [9.17, 15) is 4.79 Å². The molecular weight excluding hydrogens is 346 g/mol. The predicted molar refractivity (Wildman–Crippen MR) is 89.1 cm³/mol. The summed E-state index contributed by atoms with van der Waals surface area (Å²) >= 11 is 3.40. The molecule has 0 saturated carbocycles. The first-order chi connectivity index (χ1) is 10.6. The maximum absolute atomic E-state index is 12.0. The molecular formula is C17H14BrNO3. The van der Waals surface area contributed by atoms with Gasteiger partial charge in [0.25, 0.3) is 0 Å². The van der Waals surface area contributed by atoms with Crippen molar-refractivity contribution in [2.75, 3.05) is 12.1 Å². The zero-order valence-corrected chi connectivity index (χ0v) is 13.5. The number of hydrogen-bond donors (Lipinski definition) is 1. The fourth-order valence-electron chi connectivity index (χ4n) is 2.13. The third kappa shape index (κ3) is 3.31. The lowest BCUT2D eigenvalue weighted by atomic mass is 10.2. The molecule has 1 N–H and O–H groups in total. The van der Waals surface area contributed by atoms with E-state index in [0.29, 0.717) is 5.75 Å². The molecule has 112 valence electrons. The van der Waals surface area contributed by atoms with E-state index >= 15 is 0 Å². The van der Waals surface area contributed by atoms with Crippen molar-refractivity contribution in [1.82, 2.24) is 0 Å². The first-order valence-electron chi connectivity index (χ1n) is 6.77. The molecule has 2 aromatic rings. The summed E-state index contributed by atoms with van der Waals surface area (Å²) in [5, 5.41) is 2.86. The molecule has 0 unspecified atom stereocenters. The molecule has 0 radical (unpaired) electrons. The molecule has 1 heterocycles. The van der Waals surface area contributed by atoms with Gasteiger partial charge in [-0.3, -0.25) is 4.79 Å². The van der Waals surface area contributed by atoms with Gasteiger partial charge in [0, 0.05) is 16.2 Å². The van der Waals surface area contributed by atoms with Gasteiger partial charge in [-0.05, 0) is 54.5 Å². The van der Waals surface area contributed by atoms with Crippen LogP contribution in [0.4, 0.5) is 5.69 Å². The highest BCUT2D eigenvalue weighted by atomic mass is 79.9. The van der Waals surface area contributed by atoms with E-state index in [1.54, 1.807) is 6.08 Å². The van der Waals surface area contributed by atoms with E-state index < -0.39 is 0 Å². The van der Waals surface area contributed by atoms with Gasteiger partial charge in [-0.25, -0.2) is 0 Å². The van der Waals surface area contributed by atoms with Crippen molar-refractivity contribution in [3.63, 3.8) is 0 Å². The molecule has 1 aliphatic heterocycles. The number of anilines is 1. The molecule has 5 heteroatoms. The minimum atomic E-state index is -0.178. The van der Waals surface area contributed by atoms with Crippen LogP contribution in [0.25, 0.3) is 6.08 Å². The van der Waals surface area contributed by atoms with Crippen LogP contribution in [0.1, 0.15) is 11.1 Å². The third-order valence-electron chi connectivity index (χ3n) is 3.27. The van der Waals surface area contributed by atoms with Crippen LogP contribution in [0.5, 0.6) is 11.5 Å². The monoisotopic (exact) mass is 359 g/mol. The fraction of sp³-hybridized carbons (Fsp3) is 0.118. The third-order valence-corrected chi connectivity index (χ3v) is 3.76. The summed E-state index contributed by atoms with van der Waals surface area (Å²) in [4.78, 5) is 12.0. The molecule has 0 bridgehead atoms. The molecule has 0 fully saturated rings. The second-order valence-corrected chi connectivity index (χ2v) is 5.81. The summed E-state index contributed by atoms with van der Waals surface area (Å²) in [6.45, 7) is 2.19. The Labute approximate surface area is 136 Å². The van der Waals surface area contributed by atoms with Gasteiger partial charge >= 0.3 is 0 Å². The van der Waals surface area contributed by atoms with Gasteiger partial charge in [-0.2, -0.15) is 0 Å². The Morgan fingerprint density at radius 2 is 2.00 bits per heavy atom. The van der Waals surface area contributed by atoms with Crippen LogP contribution in [0.15, 0.2) is 46.9 Å². The number of amides is 1. The lowest BCUT2D eigenvalue weighted by molar-refractivity contribution is -0.111. The van der Waals surface area contributed by atoms with Crippen molar-refractivity contribution in [2.45, 2.75) is 6.92 Å². The molecule has 2 aromatic carbocycles. The number of rotatable bonds is 3. The minimum Gasteiger partial charge on any atom is -0.454 e. The summed E-state index contributed by atoms with van der Waals surface area (Å²) in [6, 6.07) is 11.3. The van der Waals surface area contributed by atoms with E-state index in [4.69, 9.17) is 9.47 Å². The van der Waals surface area contributed by atoms with E-state index in [1.807, 2.05) is 43.3 Å². The number of halogens is 1. The number of benzene rings is 2. The number of fused-ring (bicyclic) bond motifs is 1. The Kier molecular flexibility index (Phi) is 4.15. The highest BCUT2D eigenvalue weighted by Gasteiger charge is 2.12. The topological polar surface area (TPSA) is 47.6 Å². The molecule has 0 saturated heterocycles. The Morgan fingerprint density at radius 1 is 1.18 bits per heavy atom. The summed E-state index contributed by atoms with van der Waals surface area (Å²) in [5.41, 5.74) is 2.68. The van der Waals surface area contributed by atoms with Gasteiger partial charge < -0.3 is 14.8 Å². The van der Waals surface area contributed by atoms with Crippen molar-refractivity contribution in [3.05, 3.63) is 58.1 Å². The van der Waals surface area contributed by atoms with E-state index in [1.165, 1.54) is 6.08 Å². The quantitative estimate of drug-likeness (QED) is 0.837. The Balaban J connectivity index is 1.68. The maximum atomic E-state index is 12.0. The average Bonchev–Trinajstić information content (AvgIpc) is 2.95. The average molecular weight is 360 g/mol. The van der Waals surface area contributed by atoms with Crippen LogP contribution in [0.3, 0.4) is 0 Å². The van der Waals surface area contributed by atoms with Gasteiger partial charge in [-0.1, -0.05) is 22.0 Å². The second kappa shape index (κ2) is 6.23. The normalized spacial score (nSPS) is 12.6. The number of aryl methyl sites for hydroxylation is 1. The summed E-state index contributed by atoms with van der Waals surface area (Å²) in [7, 11) is 0. The number of hydrogen-bond acceptors (Lipinski definition) is 3. The first-order valence-corrected chi connectivity index (χ1v) is 7.56. The van der Waals surface area contributed by atoms with E-state index in [0.717, 1.165) is 27.0 Å². The summed E-state index contributed by atoms with van der Waals surface area (Å²) < 4.78 is 11.5. The Bertz CT molecular complexity index is 756. The van der Waals surface area contributed by atoms with Crippen LogP contribution < -0.4 is 14.8 Å². The number of nitrogens with one attached hydrogen (secondary N) is 1. The minimum absolute atomic E-state index is 0.178. The van der Waals surface area contributed by atoms with Crippen molar-refractivity contribution >= 4 is 33.6 Å². The van der Waals surface area contributed by atoms with Gasteiger partial charge in [-0.15, -0.1) is 0 Å². The molecule has 4 nitrogen and oxygen atoms in total. The zero-order valence-electron chi connectivity index (χ0n) is 11.9. The lowest BCUT2D eigenvalue weighted by Gasteiger charge is -2.06. The van der Waals surface area contributed by atoms with Gasteiger partial charge in [0.2, 0.25) is 12.7 Å². The van der Waals surface area contributed by atoms with Gasteiger partial charge in [0.05, 0.1) is 0 Å². The van der Waals surface area contributed by atoms with Crippen molar-refractivity contribution < 1.29 is 14.3 Å². The van der Waals surface area contributed by atoms with Gasteiger partial charge in [0.1, 0.15) is 0 Å². The molecule has 0 atom stereocenters. The highest BCUT2D eigenvalue weighted by molar-refractivity contribution is 9.10. The van der Waals surface area contributed by atoms with Crippen LogP contribution >= 0.6 is 15.9 Å². The number of carbonyl (C=O) groups excluding carboxylic acids is 1. The van der Waals surface area contributed by atoms with Crippen LogP contribution in [-0.2, 0) is 4.79 Å². The molecule has 0 aromatic heterocycles. The van der Waals surface area contributed by atoms with Crippen molar-refractivity contribution in [1.29, 1.82) is 0 Å². The van der Waals surface area contributed by atoms with Gasteiger partial charge in [0.15, 0.2) is 11.5 Å². The molecule has 0 aliphatic carbocycles. The molecule has 3 rings (SSSR count). The molecule has 1 aliphatic rings. The standard InChI is InChI=1S/C17H14BrNO3/c1-11-8-13(18)4-5-14(11)19-17(20)7-3-12-2-6-15-16(9-12)22-10-21-15/h2-9H,10H2,1H3,(H,19,20)/b7-3+. The van der Waals surface area contributed by atoms with Crippen molar-refractivity contribution in [3.8, 4) is 11.5 Å². The molecule has 0 spiro atoms. The van der Waals surface area contributed by atoms with Crippen LogP contribution in [-0.4, -0.2) is 12.7 Å². The lowest BCUT2D eigenvalue weighted by Crippen LogP contribution is -2.08. The Morgan fingerprint density at radius 3 is 2.82 bits per heavy atom. The molecule has 22 heavy (non-hydrogen) atoms. The number of ether oxygens (including phenoxy) is 2. The second-order valence-electron chi connectivity index (χ2n) is 4.89. The summed E-state index contributed by atoms with van der Waals surface area (Å²) in [5.74, 6) is 1.25. The van der Waals surface area contributed by atoms with E-state index in [2.05, 4.69) is 21.2 Å². The number of carbonyl (C=O) groups is 1. The predicted octanol–water partition coefficient (Wildman–Crippen LogP) is 4.14. The SMILES string of the molecule is Cc1cc(Br)ccc1NC(=O)/C=C/c1ccc2c(c1)OCO2. The zero-order chi connectivity index (χ0) is 15.5. The van der Waals surface area contributed by atoms with Crippen LogP contribution in [0, 0.1) is 6.92 Å². The van der Waals surface area contributed by atoms with Crippen LogP contribution in [0.2, 0.25) is 0 Å². The Hall–Kier alpha value is -2.27. The first kappa shape index (κ1) is 14.7.